The molecule has 0 radical (unpaired) electrons. The zero-order valence-corrected chi connectivity index (χ0v) is 16.8. The van der Waals surface area contributed by atoms with Crippen LogP contribution in [0.25, 0.3) is 0 Å². The fourth-order valence-electron chi connectivity index (χ4n) is 1.64. The van der Waals surface area contributed by atoms with Crippen LogP contribution in [0.4, 0.5) is 0 Å². The number of rotatable bonds is 5. The van der Waals surface area contributed by atoms with Gasteiger partial charge in [0.15, 0.2) is 0 Å². The van der Waals surface area contributed by atoms with Gasteiger partial charge in [0.1, 0.15) is 0 Å². The Morgan fingerprint density at radius 2 is 2.06 bits per heavy atom. The molecule has 0 spiro atoms. The average molecular weight is 446 g/mol. The van der Waals surface area contributed by atoms with Gasteiger partial charge in [0.05, 0.1) is 0 Å². The van der Waals surface area contributed by atoms with E-state index in [-0.39, 0.29) is 24.8 Å². The van der Waals surface area contributed by atoms with Crippen LogP contribution in [0, 0.1) is 0 Å². The van der Waals surface area contributed by atoms with Gasteiger partial charge in [-0.05, 0) is 0 Å². The van der Waals surface area contributed by atoms with Gasteiger partial charge in [0, 0.05) is 0 Å². The minimum absolute atomic E-state index is 0. The third-order valence-electron chi connectivity index (χ3n) is 2.71. The van der Waals surface area contributed by atoms with Crippen molar-refractivity contribution in [2.24, 2.45) is 0 Å². The number of halogens is 2. The molecule has 16 heavy (non-hydrogen) atoms. The van der Waals surface area contributed by atoms with E-state index in [1.165, 1.54) is 12.8 Å². The van der Waals surface area contributed by atoms with Crippen molar-refractivity contribution in [1.82, 2.24) is 3.30 Å². The summed E-state index contributed by atoms with van der Waals surface area (Å²) in [6.45, 7) is 9.67. The maximum absolute atomic E-state index is 3.97. The standard InChI is InChI=1S/C5H5.C4H10N.C2H7Si.2ClH.Hf/c1-2-4-5-3-1;1-3-4(2)5;1-3-2;;;/h1-3H,4H2;4-5H,3H2,1-2H3;3H,1-2H3;2*1H;/q;-1;;;;+3/p-2. The monoisotopic (exact) mass is 446 g/mol. The molecule has 93 valence electrons. The summed E-state index contributed by atoms with van der Waals surface area (Å²) in [6, 6.07) is 0.744. The third-order valence-corrected chi connectivity index (χ3v) is 27.4. The molecule has 0 heterocycles. The van der Waals surface area contributed by atoms with Crippen LogP contribution in [0.1, 0.15) is 26.7 Å². The Kier molecular flexibility index (Phi) is 12.2. The summed E-state index contributed by atoms with van der Waals surface area (Å²) in [5.41, 5.74) is 0. The Morgan fingerprint density at radius 3 is 2.44 bits per heavy atom. The molecule has 0 aromatic heterocycles. The summed E-state index contributed by atoms with van der Waals surface area (Å²) in [4.78, 5) is 0. The van der Waals surface area contributed by atoms with Crippen molar-refractivity contribution in [2.45, 2.75) is 45.8 Å². The first-order chi connectivity index (χ1) is 6.65. The van der Waals surface area contributed by atoms with E-state index in [9.17, 15) is 0 Å². The van der Waals surface area contributed by atoms with Gasteiger partial charge in [-0.25, -0.2) is 0 Å². The molecular weight excluding hydrogens is 424 g/mol. The first-order valence-corrected chi connectivity index (χ1v) is 18.3. The first-order valence-electron chi connectivity index (χ1n) is 5.64. The minimum atomic E-state index is -1.52. The van der Waals surface area contributed by atoms with Crippen LogP contribution >= 0.6 is 0 Å². The van der Waals surface area contributed by atoms with Crippen molar-refractivity contribution in [1.29, 1.82) is 0 Å². The predicted octanol–water partition coefficient (Wildman–Crippen LogP) is -3.26. The molecule has 0 bridgehead atoms. The Balaban J connectivity index is 0. The molecule has 1 nitrogen and oxygen atoms in total. The van der Waals surface area contributed by atoms with Gasteiger partial charge in [-0.3, -0.25) is 0 Å². The molecule has 1 rings (SSSR count). The first kappa shape index (κ1) is 19.4. The van der Waals surface area contributed by atoms with Crippen LogP contribution < -0.4 is 28.1 Å². The zero-order chi connectivity index (χ0) is 10.6. The van der Waals surface area contributed by atoms with Crippen LogP contribution in [-0.4, -0.2) is 12.0 Å². The molecule has 1 aliphatic rings. The van der Waals surface area contributed by atoms with Gasteiger partial charge in [-0.1, -0.05) is 0 Å². The fourth-order valence-corrected chi connectivity index (χ4v) is 23.9. The number of hydrogen-bond acceptors (Lipinski definition) is 1. The van der Waals surface area contributed by atoms with E-state index < -0.39 is 26.9 Å². The number of hydrogen-bond donors (Lipinski definition) is 1. The summed E-state index contributed by atoms with van der Waals surface area (Å²) in [5, 5.41) is 0. The third kappa shape index (κ3) is 6.15. The van der Waals surface area contributed by atoms with Gasteiger partial charge in [-0.15, -0.1) is 0 Å². The molecule has 0 aromatic rings. The Labute approximate surface area is 121 Å². The normalized spacial score (nSPS) is 15.2. The summed E-state index contributed by atoms with van der Waals surface area (Å²) in [7, 11) is 0. The van der Waals surface area contributed by atoms with Crippen LogP contribution in [0.15, 0.2) is 21.6 Å². The van der Waals surface area contributed by atoms with Crippen LogP contribution in [-0.2, 0) is 20.9 Å². The Bertz CT molecular complexity index is 244. The molecule has 0 aromatic carbocycles. The van der Waals surface area contributed by atoms with Crippen molar-refractivity contribution in [2.75, 3.05) is 0 Å². The van der Waals surface area contributed by atoms with E-state index in [1.54, 1.807) is 0 Å². The summed E-state index contributed by atoms with van der Waals surface area (Å²) >= 11 is -1.52. The van der Waals surface area contributed by atoms with Crippen molar-refractivity contribution in [3.05, 3.63) is 21.6 Å². The molecule has 0 saturated heterocycles. The van der Waals surface area contributed by atoms with E-state index >= 15 is 0 Å². The second-order valence-corrected chi connectivity index (χ2v) is 30.1. The van der Waals surface area contributed by atoms with E-state index in [0.29, 0.717) is 0 Å². The molecule has 1 N–H and O–H groups in total. The molecule has 0 amide bonds. The SMILES string of the molecule is CCC(C)[NH][Hf+2]([C]1=CC=CC1)[SiH](C)C.[Cl-].[Cl-]. The molecule has 1 atom stereocenters. The van der Waals surface area contributed by atoms with Gasteiger partial charge < -0.3 is 24.8 Å². The smallest absolute Gasteiger partial charge is 1.00 e. The quantitative estimate of drug-likeness (QED) is 0.438. The van der Waals surface area contributed by atoms with Crippen LogP contribution in [0.2, 0.25) is 13.1 Å². The number of allylic oxidation sites excluding steroid dienone is 4. The summed E-state index contributed by atoms with van der Waals surface area (Å²) in [5.74, 6) is -0.415. The molecule has 0 saturated carbocycles. The van der Waals surface area contributed by atoms with Gasteiger partial charge in [-0.2, -0.15) is 0 Å². The Morgan fingerprint density at radius 1 is 1.44 bits per heavy atom. The minimum Gasteiger partial charge on any atom is -1.00 e. The Hall–Kier alpha value is 1.11. The summed E-state index contributed by atoms with van der Waals surface area (Å²) in [6.07, 6.45) is 9.49. The van der Waals surface area contributed by atoms with Gasteiger partial charge >= 0.3 is 97.6 Å². The van der Waals surface area contributed by atoms with E-state index in [2.05, 4.69) is 48.5 Å². The van der Waals surface area contributed by atoms with Crippen molar-refractivity contribution in [3.63, 3.8) is 0 Å². The summed E-state index contributed by atoms with van der Waals surface area (Å²) < 4.78 is 5.79. The van der Waals surface area contributed by atoms with Crippen LogP contribution in [0.3, 0.4) is 0 Å². The van der Waals surface area contributed by atoms with Gasteiger partial charge in [0.2, 0.25) is 0 Å². The maximum Gasteiger partial charge on any atom is -1.00 e. The second-order valence-electron chi connectivity index (χ2n) is 4.35. The second kappa shape index (κ2) is 10.1. The van der Waals surface area contributed by atoms with E-state index in [0.717, 1.165) is 6.04 Å². The van der Waals surface area contributed by atoms with Gasteiger partial charge in [0.25, 0.3) is 0 Å². The largest absolute Gasteiger partial charge is 1.00 e. The predicted molar refractivity (Wildman–Crippen MR) is 63.6 cm³/mol. The molecule has 1 unspecified atom stereocenters. The maximum atomic E-state index is 3.97. The zero-order valence-electron chi connectivity index (χ0n) is 10.6. The fraction of sp³-hybridized carbons (Fsp3) is 0.636. The molecule has 1 aliphatic carbocycles. The molecule has 5 heteroatoms. The molecule has 0 aliphatic heterocycles. The average Bonchev–Trinajstić information content (AvgIpc) is 2.65. The molecular formula is C11H22Cl2HfNSi. The van der Waals surface area contributed by atoms with E-state index in [4.69, 9.17) is 0 Å². The van der Waals surface area contributed by atoms with Crippen LogP contribution in [0.5, 0.6) is 0 Å². The molecule has 0 fully saturated rings. The number of nitrogens with one attached hydrogen (secondary N) is 1. The van der Waals surface area contributed by atoms with E-state index in [1.807, 2.05) is 3.33 Å². The van der Waals surface area contributed by atoms with Crippen molar-refractivity contribution in [3.8, 4) is 0 Å². The van der Waals surface area contributed by atoms with Crippen molar-refractivity contribution >= 4 is 5.98 Å². The van der Waals surface area contributed by atoms with Crippen molar-refractivity contribution < 1.29 is 45.7 Å². The topological polar surface area (TPSA) is 12.0 Å².